The van der Waals surface area contributed by atoms with Gasteiger partial charge >= 0.3 is 0 Å². The first kappa shape index (κ1) is 26.9. The standard InChI is InChI=1S/C26H31N3O2S.HI/c1-20-18-21(14-15-25(20)32(3,30)31)19-29-26(27-2)28-17-16-24(22-10-6-4-7-11-22)23-12-8-5-9-13-23;/h4-15,18,24H,16-17,19H2,1-3H3,(H2,27,28,29);1H. The van der Waals surface area contributed by atoms with Gasteiger partial charge in [0.05, 0.1) is 4.90 Å². The smallest absolute Gasteiger partial charge is 0.191 e. The predicted molar refractivity (Wildman–Crippen MR) is 147 cm³/mol. The molecule has 0 aliphatic carbocycles. The Morgan fingerprint density at radius 1 is 0.909 bits per heavy atom. The molecule has 2 N–H and O–H groups in total. The summed E-state index contributed by atoms with van der Waals surface area (Å²) in [6.07, 6.45) is 2.16. The molecule has 3 aromatic rings. The number of aliphatic imine (C=N–C) groups is 1. The minimum absolute atomic E-state index is 0. The highest BCUT2D eigenvalue weighted by molar-refractivity contribution is 14.0. The highest BCUT2D eigenvalue weighted by Gasteiger charge is 2.14. The van der Waals surface area contributed by atoms with Crippen molar-refractivity contribution in [3.63, 3.8) is 0 Å². The summed E-state index contributed by atoms with van der Waals surface area (Å²) in [5.41, 5.74) is 4.35. The number of halogens is 1. The lowest BCUT2D eigenvalue weighted by molar-refractivity contribution is 0.601. The highest BCUT2D eigenvalue weighted by atomic mass is 127. The molecule has 0 heterocycles. The van der Waals surface area contributed by atoms with E-state index in [-0.39, 0.29) is 24.0 Å². The highest BCUT2D eigenvalue weighted by Crippen LogP contribution is 2.27. The van der Waals surface area contributed by atoms with Crippen molar-refractivity contribution in [1.82, 2.24) is 10.6 Å². The first-order valence-electron chi connectivity index (χ1n) is 10.7. The van der Waals surface area contributed by atoms with Gasteiger partial charge in [0.1, 0.15) is 0 Å². The predicted octanol–water partition coefficient (Wildman–Crippen LogP) is 4.90. The summed E-state index contributed by atoms with van der Waals surface area (Å²) in [5.74, 6) is 1.02. The van der Waals surface area contributed by atoms with E-state index in [1.54, 1.807) is 13.1 Å². The van der Waals surface area contributed by atoms with E-state index in [1.807, 2.05) is 31.2 Å². The summed E-state index contributed by atoms with van der Waals surface area (Å²) in [6, 6.07) is 26.5. The molecule has 5 nitrogen and oxygen atoms in total. The number of nitrogens with one attached hydrogen (secondary N) is 2. The van der Waals surface area contributed by atoms with Gasteiger partial charge in [0.2, 0.25) is 0 Å². The Hall–Kier alpha value is -2.39. The van der Waals surface area contributed by atoms with Crippen molar-refractivity contribution in [2.24, 2.45) is 4.99 Å². The van der Waals surface area contributed by atoms with Crippen molar-refractivity contribution in [3.8, 4) is 0 Å². The first-order chi connectivity index (χ1) is 15.4. The third-order valence-corrected chi connectivity index (χ3v) is 6.71. The molecule has 0 saturated carbocycles. The molecule has 0 aromatic heterocycles. The van der Waals surface area contributed by atoms with Gasteiger partial charge in [-0.05, 0) is 41.7 Å². The molecular formula is C26H32IN3O2S. The van der Waals surface area contributed by atoms with Crippen LogP contribution < -0.4 is 10.6 Å². The molecule has 176 valence electrons. The van der Waals surface area contributed by atoms with E-state index in [1.165, 1.54) is 17.4 Å². The minimum Gasteiger partial charge on any atom is -0.356 e. The fourth-order valence-electron chi connectivity index (χ4n) is 3.88. The largest absolute Gasteiger partial charge is 0.356 e. The van der Waals surface area contributed by atoms with Gasteiger partial charge in [-0.1, -0.05) is 72.8 Å². The monoisotopic (exact) mass is 577 g/mol. The lowest BCUT2D eigenvalue weighted by atomic mass is 9.88. The summed E-state index contributed by atoms with van der Waals surface area (Å²) >= 11 is 0. The van der Waals surface area contributed by atoms with E-state index in [4.69, 9.17) is 0 Å². The molecule has 0 amide bonds. The van der Waals surface area contributed by atoms with Crippen LogP contribution in [0.15, 0.2) is 88.8 Å². The van der Waals surface area contributed by atoms with Gasteiger partial charge < -0.3 is 10.6 Å². The van der Waals surface area contributed by atoms with Crippen LogP contribution in [-0.2, 0) is 16.4 Å². The Labute approximate surface area is 214 Å². The zero-order valence-electron chi connectivity index (χ0n) is 19.3. The Morgan fingerprint density at radius 2 is 1.48 bits per heavy atom. The van der Waals surface area contributed by atoms with Gasteiger partial charge in [-0.15, -0.1) is 24.0 Å². The van der Waals surface area contributed by atoms with E-state index in [2.05, 4.69) is 64.2 Å². The summed E-state index contributed by atoms with van der Waals surface area (Å²) in [7, 11) is -1.46. The van der Waals surface area contributed by atoms with Crippen LogP contribution >= 0.6 is 24.0 Å². The maximum Gasteiger partial charge on any atom is 0.191 e. The van der Waals surface area contributed by atoms with Gasteiger partial charge in [-0.3, -0.25) is 4.99 Å². The molecule has 3 rings (SSSR count). The number of hydrogen-bond donors (Lipinski definition) is 2. The van der Waals surface area contributed by atoms with Crippen molar-refractivity contribution in [3.05, 3.63) is 101 Å². The molecule has 0 fully saturated rings. The second kappa shape index (κ2) is 12.7. The minimum atomic E-state index is -3.21. The van der Waals surface area contributed by atoms with Gasteiger partial charge in [0, 0.05) is 32.3 Å². The van der Waals surface area contributed by atoms with Crippen molar-refractivity contribution >= 4 is 39.8 Å². The van der Waals surface area contributed by atoms with Gasteiger partial charge in [0.15, 0.2) is 15.8 Å². The van der Waals surface area contributed by atoms with Crippen molar-refractivity contribution < 1.29 is 8.42 Å². The normalized spacial score (nSPS) is 11.7. The van der Waals surface area contributed by atoms with Crippen molar-refractivity contribution in [2.75, 3.05) is 19.8 Å². The number of aryl methyl sites for hydroxylation is 1. The molecule has 0 bridgehead atoms. The Bertz CT molecular complexity index is 1110. The van der Waals surface area contributed by atoms with Crippen LogP contribution in [0.3, 0.4) is 0 Å². The van der Waals surface area contributed by atoms with Gasteiger partial charge in [0.25, 0.3) is 0 Å². The summed E-state index contributed by atoms with van der Waals surface area (Å²) < 4.78 is 23.6. The average Bonchev–Trinajstić information content (AvgIpc) is 2.79. The van der Waals surface area contributed by atoms with Crippen molar-refractivity contribution in [1.29, 1.82) is 0 Å². The summed E-state index contributed by atoms with van der Waals surface area (Å²) in [6.45, 7) is 3.14. The molecule has 0 unspecified atom stereocenters. The number of benzene rings is 3. The molecule has 0 saturated heterocycles. The average molecular weight is 578 g/mol. The van der Waals surface area contributed by atoms with Gasteiger partial charge in [-0.2, -0.15) is 0 Å². The molecule has 7 heteroatoms. The molecular weight excluding hydrogens is 545 g/mol. The fourth-order valence-corrected chi connectivity index (χ4v) is 4.83. The summed E-state index contributed by atoms with van der Waals surface area (Å²) in [4.78, 5) is 4.70. The lowest BCUT2D eigenvalue weighted by Gasteiger charge is -2.19. The van der Waals surface area contributed by atoms with Crippen LogP contribution in [0.4, 0.5) is 0 Å². The van der Waals surface area contributed by atoms with Crippen LogP contribution in [0.5, 0.6) is 0 Å². The number of guanidine groups is 1. The number of hydrogen-bond acceptors (Lipinski definition) is 3. The van der Waals surface area contributed by atoms with E-state index in [9.17, 15) is 8.42 Å². The topological polar surface area (TPSA) is 70.6 Å². The van der Waals surface area contributed by atoms with Crippen LogP contribution in [0, 0.1) is 6.92 Å². The number of sulfone groups is 1. The summed E-state index contributed by atoms with van der Waals surface area (Å²) in [5, 5.41) is 6.72. The van der Waals surface area contributed by atoms with Crippen LogP contribution in [0.2, 0.25) is 0 Å². The molecule has 0 spiro atoms. The Morgan fingerprint density at radius 3 is 1.97 bits per heavy atom. The van der Waals surface area contributed by atoms with Crippen LogP contribution in [-0.4, -0.2) is 34.2 Å². The fraction of sp³-hybridized carbons (Fsp3) is 0.269. The third kappa shape index (κ3) is 7.85. The van der Waals surface area contributed by atoms with Crippen LogP contribution in [0.25, 0.3) is 0 Å². The Kier molecular flexibility index (Phi) is 10.4. The molecule has 3 aromatic carbocycles. The van der Waals surface area contributed by atoms with Crippen molar-refractivity contribution in [2.45, 2.75) is 30.7 Å². The Balaban J connectivity index is 0.00000385. The maximum atomic E-state index is 11.8. The van der Waals surface area contributed by atoms with Gasteiger partial charge in [-0.25, -0.2) is 8.42 Å². The maximum absolute atomic E-state index is 11.8. The first-order valence-corrected chi connectivity index (χ1v) is 12.6. The zero-order chi connectivity index (χ0) is 23.0. The molecule has 33 heavy (non-hydrogen) atoms. The SMILES string of the molecule is CN=C(NCCC(c1ccccc1)c1ccccc1)NCc1ccc(S(C)(=O)=O)c(C)c1.I. The molecule has 0 aliphatic heterocycles. The lowest BCUT2D eigenvalue weighted by Crippen LogP contribution is -2.37. The van der Waals surface area contributed by atoms with E-state index < -0.39 is 9.84 Å². The van der Waals surface area contributed by atoms with E-state index in [0.717, 1.165) is 30.1 Å². The molecule has 0 atom stereocenters. The second-order valence-corrected chi connectivity index (χ2v) is 9.87. The number of nitrogens with zero attached hydrogens (tertiary/aromatic N) is 1. The van der Waals surface area contributed by atoms with E-state index in [0.29, 0.717) is 17.4 Å². The van der Waals surface area contributed by atoms with E-state index >= 15 is 0 Å². The third-order valence-electron chi connectivity index (χ3n) is 5.45. The zero-order valence-corrected chi connectivity index (χ0v) is 22.4. The number of rotatable bonds is 8. The van der Waals surface area contributed by atoms with Crippen LogP contribution in [0.1, 0.15) is 34.6 Å². The second-order valence-electron chi connectivity index (χ2n) is 7.89. The molecule has 0 aliphatic rings. The molecule has 0 radical (unpaired) electrons. The quantitative estimate of drug-likeness (QED) is 0.227.